The minimum Gasteiger partial charge on any atom is -0.508 e. The Morgan fingerprint density at radius 2 is 2.00 bits per heavy atom. The van der Waals surface area contributed by atoms with E-state index < -0.39 is 17.4 Å². The number of ketones is 1. The van der Waals surface area contributed by atoms with Crippen molar-refractivity contribution in [3.8, 4) is 5.75 Å². The Bertz CT molecular complexity index is 1380. The first-order valence-corrected chi connectivity index (χ1v) is 13.7. The Kier molecular flexibility index (Phi) is 6.77. The predicted octanol–water partition coefficient (Wildman–Crippen LogP) is 3.51. The second kappa shape index (κ2) is 9.90. The fourth-order valence-electron chi connectivity index (χ4n) is 5.62. The fourth-order valence-corrected chi connectivity index (χ4v) is 6.92. The summed E-state index contributed by atoms with van der Waals surface area (Å²) < 4.78 is 0. The van der Waals surface area contributed by atoms with Gasteiger partial charge in [0, 0.05) is 17.6 Å². The summed E-state index contributed by atoms with van der Waals surface area (Å²) >= 11 is 1.46. The van der Waals surface area contributed by atoms with Crippen LogP contribution in [0.1, 0.15) is 51.5 Å². The Labute approximate surface area is 224 Å². The molecule has 0 bridgehead atoms. The Balaban J connectivity index is 1.16. The summed E-state index contributed by atoms with van der Waals surface area (Å²) in [7, 11) is 0. The number of β-lactam (4-membered cyclic amide) rings is 1. The fraction of sp³-hybridized carbons (Fsp3) is 0.393. The number of hydrogen-bond acceptors (Lipinski definition) is 7. The van der Waals surface area contributed by atoms with Crippen LogP contribution in [0.4, 0.5) is 5.69 Å². The molecule has 3 N–H and O–H groups in total. The van der Waals surface area contributed by atoms with E-state index >= 15 is 0 Å². The van der Waals surface area contributed by atoms with E-state index in [4.69, 9.17) is 0 Å². The van der Waals surface area contributed by atoms with E-state index in [1.807, 2.05) is 0 Å². The zero-order valence-electron chi connectivity index (χ0n) is 21.2. The maximum atomic E-state index is 12.6. The number of nitrogens with one attached hydrogen (secondary N) is 1. The molecule has 9 nitrogen and oxygen atoms in total. The molecule has 2 amide bonds. The summed E-state index contributed by atoms with van der Waals surface area (Å²) in [6.45, 7) is 3.76. The summed E-state index contributed by atoms with van der Waals surface area (Å²) in [5, 5.41) is 22.0. The average molecular weight is 536 g/mol. The van der Waals surface area contributed by atoms with Crippen molar-refractivity contribution in [3.63, 3.8) is 0 Å². The number of carbonyl (C=O) groups is 4. The number of carbonyl (C=O) groups excluding carboxylic acids is 3. The minimum absolute atomic E-state index is 0.0221. The second-order valence-corrected chi connectivity index (χ2v) is 11.4. The van der Waals surface area contributed by atoms with Crippen LogP contribution in [0.5, 0.6) is 5.75 Å². The lowest BCUT2D eigenvalue weighted by atomic mass is 9.67. The molecule has 1 fully saturated rings. The molecule has 0 spiro atoms. The van der Waals surface area contributed by atoms with E-state index in [9.17, 15) is 29.4 Å². The third kappa shape index (κ3) is 4.47. The average Bonchev–Trinajstić information content (AvgIpc) is 2.88. The molecule has 10 heteroatoms. The van der Waals surface area contributed by atoms with Crippen LogP contribution in [0.15, 0.2) is 58.3 Å². The van der Waals surface area contributed by atoms with Gasteiger partial charge in [0.05, 0.1) is 11.4 Å². The van der Waals surface area contributed by atoms with Gasteiger partial charge in [0.1, 0.15) is 22.9 Å². The molecule has 0 aromatic heterocycles. The largest absolute Gasteiger partial charge is 0.508 e. The number of amides is 2. The van der Waals surface area contributed by atoms with Crippen LogP contribution in [0.3, 0.4) is 0 Å². The van der Waals surface area contributed by atoms with Crippen molar-refractivity contribution in [2.24, 2.45) is 4.99 Å². The number of nitrogens with zero attached hydrogens (tertiary/aromatic N) is 2. The van der Waals surface area contributed by atoms with Crippen LogP contribution in [0, 0.1) is 0 Å². The van der Waals surface area contributed by atoms with Gasteiger partial charge in [-0.1, -0.05) is 19.8 Å². The van der Waals surface area contributed by atoms with E-state index in [1.165, 1.54) is 22.7 Å². The molecule has 198 valence electrons. The van der Waals surface area contributed by atoms with Crippen LogP contribution < -0.4 is 5.32 Å². The van der Waals surface area contributed by atoms with Crippen molar-refractivity contribution in [2.75, 3.05) is 5.75 Å². The highest BCUT2D eigenvalue weighted by molar-refractivity contribution is 8.00. The lowest BCUT2D eigenvalue weighted by Crippen LogP contribution is -2.70. The Morgan fingerprint density at radius 1 is 1.21 bits per heavy atom. The lowest BCUT2D eigenvalue weighted by Gasteiger charge is -2.49. The molecule has 3 heterocycles. The molecule has 3 atom stereocenters. The Hall–Kier alpha value is -3.66. The highest BCUT2D eigenvalue weighted by Crippen LogP contribution is 2.48. The normalized spacial score (nSPS) is 25.6. The third-order valence-corrected chi connectivity index (χ3v) is 9.06. The van der Waals surface area contributed by atoms with E-state index in [-0.39, 0.29) is 40.8 Å². The first-order chi connectivity index (χ1) is 18.1. The van der Waals surface area contributed by atoms with E-state index in [1.54, 1.807) is 37.3 Å². The van der Waals surface area contributed by atoms with Crippen molar-refractivity contribution in [1.29, 1.82) is 0 Å². The van der Waals surface area contributed by atoms with Crippen molar-refractivity contribution >= 4 is 46.7 Å². The van der Waals surface area contributed by atoms with Gasteiger partial charge in [0.15, 0.2) is 5.78 Å². The molecular weight excluding hydrogens is 506 g/mol. The third-order valence-electron chi connectivity index (χ3n) is 7.64. The highest BCUT2D eigenvalue weighted by Gasteiger charge is 2.53. The van der Waals surface area contributed by atoms with Crippen LogP contribution in [-0.4, -0.2) is 61.6 Å². The van der Waals surface area contributed by atoms with Gasteiger partial charge in [-0.15, -0.1) is 11.8 Å². The van der Waals surface area contributed by atoms with E-state index in [2.05, 4.69) is 17.2 Å². The highest BCUT2D eigenvalue weighted by atomic mass is 32.2. The van der Waals surface area contributed by atoms with Gasteiger partial charge in [-0.2, -0.15) is 0 Å². The van der Waals surface area contributed by atoms with Crippen molar-refractivity contribution in [1.82, 2.24) is 10.2 Å². The van der Waals surface area contributed by atoms with Gasteiger partial charge < -0.3 is 15.5 Å². The number of benzene rings is 1. The lowest BCUT2D eigenvalue weighted by molar-refractivity contribution is -0.150. The number of allylic oxidation sites excluding steroid dienone is 4. The van der Waals surface area contributed by atoms with Gasteiger partial charge in [0.2, 0.25) is 5.91 Å². The first kappa shape index (κ1) is 26.0. The maximum Gasteiger partial charge on any atom is 0.352 e. The number of aliphatic imine (C=N–C) groups is 1. The number of aromatic hydroxyl groups is 1. The van der Waals surface area contributed by atoms with Gasteiger partial charge in [0.25, 0.3) is 5.91 Å². The number of unbranched alkanes of at least 4 members (excludes halogenated alkanes) is 2. The zero-order valence-corrected chi connectivity index (χ0v) is 22.0. The number of carboxylic acid groups (broad SMARTS) is 1. The zero-order chi connectivity index (χ0) is 27.2. The molecule has 3 aliphatic heterocycles. The van der Waals surface area contributed by atoms with Crippen LogP contribution in [-0.2, 0) is 24.6 Å². The van der Waals surface area contributed by atoms with Gasteiger partial charge in [-0.25, -0.2) is 9.79 Å². The predicted molar refractivity (Wildman–Crippen MR) is 143 cm³/mol. The molecule has 1 aliphatic carbocycles. The summed E-state index contributed by atoms with van der Waals surface area (Å²) in [6.07, 6.45) is 7.98. The standard InChI is InChI=1S/C28H29N3O6S/c1-15-14-38-26-23(25(35)31(26)24(15)27(36)37)30-22(34)6-4-3-5-11-28(2)18-12-16(32)7-9-20(18)29-21-10-8-17(33)13-19(21)28/h7-10,12-13,23,26,32H,3-6,11,14H2,1-2H3,(H,30,34)(H,36,37). The van der Waals surface area contributed by atoms with Gasteiger partial charge in [-0.3, -0.25) is 19.3 Å². The first-order valence-electron chi connectivity index (χ1n) is 12.6. The van der Waals surface area contributed by atoms with Gasteiger partial charge >= 0.3 is 5.97 Å². The second-order valence-electron chi connectivity index (χ2n) is 10.3. The molecule has 0 saturated carbocycles. The SMILES string of the molecule is CC1=C(C(=O)O)N2C(=O)C(NC(=O)CCCCCC3(C)C4=CC(=O)C=CC4=Nc4ccc(O)cc43)C2SC1. The monoisotopic (exact) mass is 535 g/mol. The molecule has 5 rings (SSSR count). The van der Waals surface area contributed by atoms with E-state index in [0.717, 1.165) is 35.4 Å². The molecule has 4 aliphatic rings. The number of carboxylic acids is 1. The number of hydrogen-bond donors (Lipinski definition) is 3. The van der Waals surface area contributed by atoms with Gasteiger partial charge in [-0.05, 0) is 72.9 Å². The minimum atomic E-state index is -1.13. The number of fused-ring (bicyclic) bond motifs is 3. The van der Waals surface area contributed by atoms with Crippen LogP contribution in [0.25, 0.3) is 0 Å². The molecule has 3 unspecified atom stereocenters. The number of phenolic OH excluding ortho intramolecular Hbond substituents is 1. The van der Waals surface area contributed by atoms with Crippen LogP contribution >= 0.6 is 11.8 Å². The van der Waals surface area contributed by atoms with Crippen molar-refractivity contribution < 1.29 is 29.4 Å². The summed E-state index contributed by atoms with van der Waals surface area (Å²) in [5.74, 6) is -1.19. The molecule has 1 saturated heterocycles. The molecule has 1 aromatic rings. The number of phenols is 1. The Morgan fingerprint density at radius 3 is 2.76 bits per heavy atom. The molecule has 1 aromatic carbocycles. The quantitative estimate of drug-likeness (QED) is 0.263. The van der Waals surface area contributed by atoms with Crippen molar-refractivity contribution in [2.45, 2.75) is 62.8 Å². The number of rotatable bonds is 8. The molecule has 0 radical (unpaired) electrons. The molecule has 38 heavy (non-hydrogen) atoms. The van der Waals surface area contributed by atoms with E-state index in [0.29, 0.717) is 24.2 Å². The summed E-state index contributed by atoms with van der Waals surface area (Å²) in [4.78, 5) is 54.8. The number of thioether (sulfide) groups is 1. The number of aliphatic carboxylic acids is 1. The molecular formula is C28H29N3O6S. The van der Waals surface area contributed by atoms with Crippen molar-refractivity contribution in [3.05, 3.63) is 58.8 Å². The summed E-state index contributed by atoms with van der Waals surface area (Å²) in [6, 6.07) is 4.39. The smallest absolute Gasteiger partial charge is 0.352 e. The van der Waals surface area contributed by atoms with Crippen LogP contribution in [0.2, 0.25) is 0 Å². The maximum absolute atomic E-state index is 12.6. The topological polar surface area (TPSA) is 136 Å². The summed E-state index contributed by atoms with van der Waals surface area (Å²) in [5.41, 5.74) is 3.38.